The maximum absolute atomic E-state index is 11.6. The zero-order valence-electron chi connectivity index (χ0n) is 8.98. The van der Waals surface area contributed by atoms with E-state index in [9.17, 15) is 9.59 Å². The van der Waals surface area contributed by atoms with Crippen LogP contribution in [-0.2, 0) is 4.79 Å². The molecule has 0 radical (unpaired) electrons. The topological polar surface area (TPSA) is 78.7 Å². The second-order valence-corrected chi connectivity index (χ2v) is 3.71. The first-order chi connectivity index (χ1) is 7.17. The van der Waals surface area contributed by atoms with Crippen molar-refractivity contribution in [3.8, 4) is 0 Å². The van der Waals surface area contributed by atoms with E-state index >= 15 is 0 Å². The number of nitrogens with two attached hydrogens (primary N) is 1. The molecule has 0 spiro atoms. The van der Waals surface area contributed by atoms with Crippen molar-refractivity contribution in [1.29, 1.82) is 0 Å². The van der Waals surface area contributed by atoms with Crippen LogP contribution in [0.3, 0.4) is 0 Å². The summed E-state index contributed by atoms with van der Waals surface area (Å²) < 4.78 is 0. The molecule has 0 saturated carbocycles. The summed E-state index contributed by atoms with van der Waals surface area (Å²) in [7, 11) is 0. The molecule has 1 atom stereocenters. The zero-order valence-corrected chi connectivity index (χ0v) is 8.98. The number of carbonyl (C=O) groups excluding carboxylic acids is 2. The predicted octanol–water partition coefficient (Wildman–Crippen LogP) is -1.18. The molecular weight excluding hydrogens is 196 g/mol. The quantitative estimate of drug-likeness (QED) is 0.580. The van der Waals surface area contributed by atoms with Gasteiger partial charge in [-0.15, -0.1) is 0 Å². The van der Waals surface area contributed by atoms with Crippen molar-refractivity contribution >= 4 is 12.4 Å². The average molecular weight is 214 g/mol. The van der Waals surface area contributed by atoms with Gasteiger partial charge in [-0.25, -0.2) is 4.79 Å². The van der Waals surface area contributed by atoms with Gasteiger partial charge in [0, 0.05) is 38.8 Å². The fourth-order valence-electron chi connectivity index (χ4n) is 1.39. The zero-order chi connectivity index (χ0) is 11.3. The maximum atomic E-state index is 11.6. The van der Waals surface area contributed by atoms with Gasteiger partial charge in [0.1, 0.15) is 0 Å². The third-order valence-corrected chi connectivity index (χ3v) is 2.47. The molecule has 0 aromatic rings. The number of piperazine rings is 1. The van der Waals surface area contributed by atoms with Crippen molar-refractivity contribution in [2.75, 3.05) is 32.7 Å². The Labute approximate surface area is 89.4 Å². The van der Waals surface area contributed by atoms with Crippen molar-refractivity contribution in [1.82, 2.24) is 15.1 Å². The minimum absolute atomic E-state index is 0.0124. The van der Waals surface area contributed by atoms with Crippen molar-refractivity contribution in [3.05, 3.63) is 0 Å². The van der Waals surface area contributed by atoms with Gasteiger partial charge in [0.05, 0.1) is 0 Å². The van der Waals surface area contributed by atoms with Gasteiger partial charge in [0.25, 0.3) is 0 Å². The second-order valence-electron chi connectivity index (χ2n) is 3.71. The van der Waals surface area contributed by atoms with E-state index in [1.807, 2.05) is 6.92 Å². The minimum Gasteiger partial charge on any atom is -0.342 e. The smallest absolute Gasteiger partial charge is 0.317 e. The van der Waals surface area contributed by atoms with Crippen LogP contribution in [0.25, 0.3) is 0 Å². The highest BCUT2D eigenvalue weighted by molar-refractivity contribution is 5.74. The van der Waals surface area contributed by atoms with Crippen LogP contribution in [0.1, 0.15) is 6.92 Å². The third-order valence-electron chi connectivity index (χ3n) is 2.47. The largest absolute Gasteiger partial charge is 0.342 e. The Kier molecular flexibility index (Phi) is 4.36. The van der Waals surface area contributed by atoms with Crippen LogP contribution in [0.15, 0.2) is 0 Å². The molecule has 0 aromatic heterocycles. The number of hydrogen-bond donors (Lipinski definition) is 2. The van der Waals surface area contributed by atoms with E-state index in [0.717, 1.165) is 6.41 Å². The number of urea groups is 1. The molecule has 1 rings (SSSR count). The summed E-state index contributed by atoms with van der Waals surface area (Å²) in [5, 5.41) is 2.79. The third kappa shape index (κ3) is 3.39. The Balaban J connectivity index is 2.33. The molecule has 0 aromatic carbocycles. The number of nitrogens with zero attached hydrogens (tertiary/aromatic N) is 2. The highest BCUT2D eigenvalue weighted by Gasteiger charge is 2.20. The van der Waals surface area contributed by atoms with Gasteiger partial charge < -0.3 is 20.9 Å². The monoisotopic (exact) mass is 214 g/mol. The van der Waals surface area contributed by atoms with Gasteiger partial charge in [0.15, 0.2) is 0 Å². The van der Waals surface area contributed by atoms with Crippen LogP contribution in [-0.4, -0.2) is 61.0 Å². The molecule has 1 unspecified atom stereocenters. The molecule has 6 nitrogen and oxygen atoms in total. The highest BCUT2D eigenvalue weighted by atomic mass is 16.2. The van der Waals surface area contributed by atoms with E-state index in [1.165, 1.54) is 0 Å². The lowest BCUT2D eigenvalue weighted by Gasteiger charge is -2.33. The summed E-state index contributed by atoms with van der Waals surface area (Å²) in [6.07, 6.45) is 0.817. The van der Waals surface area contributed by atoms with Gasteiger partial charge in [-0.3, -0.25) is 4.79 Å². The van der Waals surface area contributed by atoms with Crippen LogP contribution in [0.2, 0.25) is 0 Å². The minimum atomic E-state index is -0.0986. The van der Waals surface area contributed by atoms with Crippen molar-refractivity contribution in [3.63, 3.8) is 0 Å². The Bertz CT molecular complexity index is 226. The first-order valence-corrected chi connectivity index (χ1v) is 5.12. The molecule has 3 amide bonds. The fourth-order valence-corrected chi connectivity index (χ4v) is 1.39. The lowest BCUT2D eigenvalue weighted by Crippen LogP contribution is -2.53. The van der Waals surface area contributed by atoms with Gasteiger partial charge in [-0.2, -0.15) is 0 Å². The molecular formula is C9H18N4O2. The standard InChI is InChI=1S/C9H18N4O2/c1-8(6-10)11-9(15)13-4-2-12(7-14)3-5-13/h7-8H,2-6,10H2,1H3,(H,11,15). The van der Waals surface area contributed by atoms with Gasteiger partial charge in [0.2, 0.25) is 6.41 Å². The van der Waals surface area contributed by atoms with Crippen molar-refractivity contribution in [2.45, 2.75) is 13.0 Å². The Morgan fingerprint density at radius 1 is 1.47 bits per heavy atom. The van der Waals surface area contributed by atoms with E-state index in [-0.39, 0.29) is 12.1 Å². The summed E-state index contributed by atoms with van der Waals surface area (Å²) in [6, 6.07) is -0.111. The molecule has 3 N–H and O–H groups in total. The summed E-state index contributed by atoms with van der Waals surface area (Å²) in [5.74, 6) is 0. The first-order valence-electron chi connectivity index (χ1n) is 5.12. The number of hydrogen-bond acceptors (Lipinski definition) is 3. The lowest BCUT2D eigenvalue weighted by atomic mass is 10.3. The number of amides is 3. The van der Waals surface area contributed by atoms with Crippen LogP contribution < -0.4 is 11.1 Å². The number of carbonyl (C=O) groups is 2. The first kappa shape index (κ1) is 11.8. The Morgan fingerprint density at radius 3 is 2.53 bits per heavy atom. The van der Waals surface area contributed by atoms with E-state index in [0.29, 0.717) is 32.7 Å². The van der Waals surface area contributed by atoms with Crippen molar-refractivity contribution < 1.29 is 9.59 Å². The molecule has 6 heteroatoms. The highest BCUT2D eigenvalue weighted by Crippen LogP contribution is 1.99. The SMILES string of the molecule is CC(CN)NC(=O)N1CCN(C=O)CC1. The van der Waals surface area contributed by atoms with Crippen LogP contribution in [0.5, 0.6) is 0 Å². The van der Waals surface area contributed by atoms with E-state index in [2.05, 4.69) is 5.32 Å². The average Bonchev–Trinajstić information content (AvgIpc) is 2.29. The summed E-state index contributed by atoms with van der Waals surface area (Å²) in [4.78, 5) is 25.4. The molecule has 1 aliphatic heterocycles. The van der Waals surface area contributed by atoms with Crippen LogP contribution in [0, 0.1) is 0 Å². The maximum Gasteiger partial charge on any atom is 0.317 e. The molecule has 1 aliphatic rings. The Morgan fingerprint density at radius 2 is 2.07 bits per heavy atom. The summed E-state index contributed by atoms with van der Waals surface area (Å²) in [6.45, 7) is 4.67. The van der Waals surface area contributed by atoms with Crippen LogP contribution >= 0.6 is 0 Å². The number of rotatable bonds is 3. The van der Waals surface area contributed by atoms with Gasteiger partial charge in [-0.05, 0) is 6.92 Å². The molecule has 0 bridgehead atoms. The molecule has 15 heavy (non-hydrogen) atoms. The normalized spacial score (nSPS) is 18.5. The number of nitrogens with one attached hydrogen (secondary N) is 1. The Hall–Kier alpha value is -1.30. The molecule has 86 valence electrons. The summed E-state index contributed by atoms with van der Waals surface area (Å²) >= 11 is 0. The van der Waals surface area contributed by atoms with Gasteiger partial charge in [-0.1, -0.05) is 0 Å². The molecule has 0 aliphatic carbocycles. The summed E-state index contributed by atoms with van der Waals surface area (Å²) in [5.41, 5.74) is 5.41. The van der Waals surface area contributed by atoms with E-state index in [4.69, 9.17) is 5.73 Å². The van der Waals surface area contributed by atoms with Gasteiger partial charge >= 0.3 is 6.03 Å². The second kappa shape index (κ2) is 5.55. The molecule has 1 fully saturated rings. The lowest BCUT2D eigenvalue weighted by molar-refractivity contribution is -0.119. The molecule has 1 saturated heterocycles. The van der Waals surface area contributed by atoms with Crippen molar-refractivity contribution in [2.24, 2.45) is 5.73 Å². The van der Waals surface area contributed by atoms with Crippen LogP contribution in [0.4, 0.5) is 4.79 Å². The predicted molar refractivity (Wildman–Crippen MR) is 56.3 cm³/mol. The molecule has 1 heterocycles. The van der Waals surface area contributed by atoms with E-state index in [1.54, 1.807) is 9.80 Å². The fraction of sp³-hybridized carbons (Fsp3) is 0.778. The van der Waals surface area contributed by atoms with E-state index < -0.39 is 0 Å².